The number of carbonyl (C=O) groups excluding carboxylic acids is 7. The lowest BCUT2D eigenvalue weighted by Crippen LogP contribution is -2.60. The monoisotopic (exact) mass is 822 g/mol. The van der Waals surface area contributed by atoms with Gasteiger partial charge in [-0.25, -0.2) is 9.78 Å². The van der Waals surface area contributed by atoms with Gasteiger partial charge in [-0.15, -0.1) is 0 Å². The average molecular weight is 823 g/mol. The van der Waals surface area contributed by atoms with Crippen LogP contribution < -0.4 is 66.7 Å². The van der Waals surface area contributed by atoms with Gasteiger partial charge in [-0.05, 0) is 44.4 Å². The third kappa shape index (κ3) is 20.4. The van der Waals surface area contributed by atoms with Gasteiger partial charge in [-0.1, -0.05) is 13.8 Å². The number of carboxylic acids is 1. The number of guanidine groups is 2. The Morgan fingerprint density at radius 2 is 1.17 bits per heavy atom. The summed E-state index contributed by atoms with van der Waals surface area (Å²) in [7, 11) is 0. The number of carbonyl (C=O) groups is 8. The van der Waals surface area contributed by atoms with E-state index in [1.807, 2.05) is 0 Å². The summed E-state index contributed by atoms with van der Waals surface area (Å²) in [4.78, 5) is 117. The highest BCUT2D eigenvalue weighted by molar-refractivity contribution is 5.98. The van der Waals surface area contributed by atoms with Crippen LogP contribution in [0.15, 0.2) is 22.5 Å². The number of aromatic nitrogens is 2. The van der Waals surface area contributed by atoms with Crippen LogP contribution in [0.4, 0.5) is 0 Å². The third-order valence-corrected chi connectivity index (χ3v) is 8.17. The molecule has 0 aliphatic heterocycles. The highest BCUT2D eigenvalue weighted by Crippen LogP contribution is 2.10. The number of H-pyrrole nitrogens is 1. The van der Waals surface area contributed by atoms with Gasteiger partial charge in [0, 0.05) is 37.8 Å². The number of nitrogens with two attached hydrogens (primary N) is 7. The molecule has 1 rings (SSSR count). The van der Waals surface area contributed by atoms with E-state index in [0.29, 0.717) is 12.1 Å². The van der Waals surface area contributed by atoms with Crippen molar-refractivity contribution in [2.45, 2.75) is 108 Å². The summed E-state index contributed by atoms with van der Waals surface area (Å²) in [5, 5.41) is 21.9. The Hall–Kier alpha value is -6.53. The van der Waals surface area contributed by atoms with E-state index in [1.54, 1.807) is 13.8 Å². The minimum absolute atomic E-state index is 0.0198. The SMILES string of the molecule is CC(C)C[C@H](NC(=O)[C@H](CC(N)=O)NC(=O)[C@H](Cc1cnc[nH]1)NC(=O)[C@H](CCC(N)=O)NC(=O)[C@@H](N)CCCN=C(N)N)C(=O)N[C@@H](CCCN=C(N)N)C(=O)O. The molecule has 0 fully saturated rings. The number of nitrogens with zero attached hydrogens (tertiary/aromatic N) is 3. The van der Waals surface area contributed by atoms with Crippen LogP contribution in [0.3, 0.4) is 0 Å². The standard InChI is InChI=1S/C33H58N16O9/c1-16(2)11-21(28(54)46-20(31(57)58)6-4-10-43-33(39)40)47-30(56)23(13-25(36)51)49-29(55)22(12-17-14-41-15-44-17)48-27(53)19(7-8-24(35)50)45-26(52)18(34)5-3-9-42-32(37)38/h14-16,18-23H,3-13,34H2,1-2H3,(H2,35,50)(H2,36,51)(H,41,44)(H,45,52)(H,46,54)(H,47,56)(H,48,53)(H,49,55)(H,57,58)(H4,37,38,42)(H4,39,40,43)/t18-,19-,20-,21-,22-,23-/m0/s1. The van der Waals surface area contributed by atoms with Gasteiger partial charge in [0.2, 0.25) is 41.4 Å². The quantitative estimate of drug-likeness (QED) is 0.0213. The summed E-state index contributed by atoms with van der Waals surface area (Å²) in [6.07, 6.45) is 1.66. The van der Waals surface area contributed by atoms with Gasteiger partial charge < -0.3 is 76.8 Å². The zero-order valence-corrected chi connectivity index (χ0v) is 32.6. The molecule has 0 unspecified atom stereocenters. The fourth-order valence-corrected chi connectivity index (χ4v) is 5.27. The minimum atomic E-state index is -1.69. The van der Waals surface area contributed by atoms with E-state index in [-0.39, 0.29) is 75.9 Å². The van der Waals surface area contributed by atoms with Crippen LogP contribution in [0.5, 0.6) is 0 Å². The van der Waals surface area contributed by atoms with E-state index in [4.69, 9.17) is 40.1 Å². The van der Waals surface area contributed by atoms with Crippen LogP contribution in [-0.2, 0) is 44.8 Å². The topological polar surface area (TPSA) is 452 Å². The number of carboxylic acid groups (broad SMARTS) is 1. The lowest BCUT2D eigenvalue weighted by molar-refractivity contribution is -0.142. The molecule has 0 saturated carbocycles. The van der Waals surface area contributed by atoms with E-state index in [0.717, 1.165) is 0 Å². The van der Waals surface area contributed by atoms with Gasteiger partial charge in [-0.3, -0.25) is 43.5 Å². The number of rotatable bonds is 28. The number of nitrogens with one attached hydrogen (secondary N) is 6. The maximum absolute atomic E-state index is 13.8. The van der Waals surface area contributed by atoms with Crippen molar-refractivity contribution in [1.82, 2.24) is 36.6 Å². The fourth-order valence-electron chi connectivity index (χ4n) is 5.27. The smallest absolute Gasteiger partial charge is 0.326 e. The van der Waals surface area contributed by atoms with Crippen molar-refractivity contribution in [3.63, 3.8) is 0 Å². The molecule has 58 heavy (non-hydrogen) atoms. The highest BCUT2D eigenvalue weighted by atomic mass is 16.4. The molecule has 0 spiro atoms. The maximum atomic E-state index is 13.8. The molecule has 0 aliphatic rings. The molecule has 1 aromatic heterocycles. The molecular formula is C33H58N16O9. The van der Waals surface area contributed by atoms with Crippen LogP contribution in [-0.4, -0.2) is 124 Å². The van der Waals surface area contributed by atoms with E-state index in [9.17, 15) is 43.5 Å². The van der Waals surface area contributed by atoms with Gasteiger partial charge in [-0.2, -0.15) is 0 Å². The first kappa shape index (κ1) is 49.5. The first-order valence-corrected chi connectivity index (χ1v) is 18.3. The number of primary amides is 2. The second kappa shape index (κ2) is 25.6. The molecule has 25 nitrogen and oxygen atoms in total. The number of aliphatic imine (C=N–C) groups is 2. The lowest BCUT2D eigenvalue weighted by atomic mass is 10.0. The summed E-state index contributed by atoms with van der Waals surface area (Å²) < 4.78 is 0. The predicted molar refractivity (Wildman–Crippen MR) is 209 cm³/mol. The van der Waals surface area contributed by atoms with Crippen LogP contribution in [0.1, 0.15) is 70.9 Å². The highest BCUT2D eigenvalue weighted by Gasteiger charge is 2.34. The summed E-state index contributed by atoms with van der Waals surface area (Å²) in [6, 6.07) is -8.41. The molecule has 1 aromatic rings. The number of hydrogen-bond donors (Lipinski definition) is 14. The second-order valence-corrected chi connectivity index (χ2v) is 13.7. The first-order valence-electron chi connectivity index (χ1n) is 18.3. The van der Waals surface area contributed by atoms with Crippen molar-refractivity contribution < 1.29 is 43.5 Å². The second-order valence-electron chi connectivity index (χ2n) is 13.7. The van der Waals surface area contributed by atoms with Crippen LogP contribution >= 0.6 is 0 Å². The van der Waals surface area contributed by atoms with Crippen LogP contribution in [0.25, 0.3) is 0 Å². The van der Waals surface area contributed by atoms with Crippen molar-refractivity contribution in [1.29, 1.82) is 0 Å². The maximum Gasteiger partial charge on any atom is 0.326 e. The van der Waals surface area contributed by atoms with E-state index in [2.05, 4.69) is 46.5 Å². The summed E-state index contributed by atoms with van der Waals surface area (Å²) in [6.45, 7) is 3.77. The Labute approximate surface area is 334 Å². The zero-order chi connectivity index (χ0) is 43.9. The Balaban J connectivity index is 3.30. The number of amides is 7. The van der Waals surface area contributed by atoms with Crippen LogP contribution in [0, 0.1) is 5.92 Å². The zero-order valence-electron chi connectivity index (χ0n) is 32.6. The average Bonchev–Trinajstić information content (AvgIpc) is 3.64. The number of aromatic amines is 1. The third-order valence-electron chi connectivity index (χ3n) is 8.17. The van der Waals surface area contributed by atoms with Gasteiger partial charge in [0.25, 0.3) is 0 Å². The van der Waals surface area contributed by atoms with Crippen molar-refractivity contribution in [3.8, 4) is 0 Å². The molecule has 0 aromatic carbocycles. The van der Waals surface area contributed by atoms with Crippen molar-refractivity contribution in [3.05, 3.63) is 18.2 Å². The lowest BCUT2D eigenvalue weighted by Gasteiger charge is -2.27. The molecule has 21 N–H and O–H groups in total. The normalized spacial score (nSPS) is 13.9. The number of imidazole rings is 1. The molecular weight excluding hydrogens is 764 g/mol. The van der Waals surface area contributed by atoms with Crippen molar-refractivity contribution >= 4 is 59.2 Å². The first-order chi connectivity index (χ1) is 27.2. The van der Waals surface area contributed by atoms with Crippen LogP contribution in [0.2, 0.25) is 0 Å². The molecule has 25 heteroatoms. The van der Waals surface area contributed by atoms with Gasteiger partial charge >= 0.3 is 5.97 Å². The minimum Gasteiger partial charge on any atom is -0.480 e. The molecule has 0 radical (unpaired) electrons. The summed E-state index contributed by atoms with van der Waals surface area (Å²) in [5.74, 6) is -8.28. The predicted octanol–water partition coefficient (Wildman–Crippen LogP) is -5.92. The molecule has 0 bridgehead atoms. The number of hydrogen-bond acceptors (Lipinski definition) is 12. The van der Waals surface area contributed by atoms with Crippen molar-refractivity contribution in [2.24, 2.45) is 56.0 Å². The molecule has 0 aliphatic carbocycles. The van der Waals surface area contributed by atoms with E-state index in [1.165, 1.54) is 12.5 Å². The summed E-state index contributed by atoms with van der Waals surface area (Å²) in [5.41, 5.74) is 38.2. The Morgan fingerprint density at radius 1 is 0.672 bits per heavy atom. The molecule has 0 saturated heterocycles. The summed E-state index contributed by atoms with van der Waals surface area (Å²) >= 11 is 0. The van der Waals surface area contributed by atoms with Gasteiger partial charge in [0.1, 0.15) is 30.2 Å². The molecule has 1 heterocycles. The molecule has 324 valence electrons. The molecule has 7 amide bonds. The fraction of sp³-hybridized carbons (Fsp3) is 0.606. The van der Waals surface area contributed by atoms with Gasteiger partial charge in [0.15, 0.2) is 11.9 Å². The van der Waals surface area contributed by atoms with Crippen molar-refractivity contribution in [2.75, 3.05) is 13.1 Å². The van der Waals surface area contributed by atoms with E-state index >= 15 is 0 Å². The largest absolute Gasteiger partial charge is 0.480 e. The number of aliphatic carboxylic acids is 1. The Kier molecular flexibility index (Phi) is 21.8. The molecule has 6 atom stereocenters. The Bertz CT molecular complexity index is 1610. The van der Waals surface area contributed by atoms with E-state index < -0.39 is 90.0 Å². The van der Waals surface area contributed by atoms with Gasteiger partial charge in [0.05, 0.1) is 18.8 Å². The Morgan fingerprint density at radius 3 is 1.69 bits per heavy atom.